The van der Waals surface area contributed by atoms with Crippen LogP contribution in [-0.4, -0.2) is 0 Å². The van der Waals surface area contributed by atoms with Gasteiger partial charge in [-0.1, -0.05) is 48.0 Å². The van der Waals surface area contributed by atoms with Crippen LogP contribution in [0, 0.1) is 22.7 Å². The minimum atomic E-state index is 0.541. The topological polar surface area (TPSA) is 0 Å². The predicted octanol–water partition coefficient (Wildman–Crippen LogP) is 4.89. The highest BCUT2D eigenvalue weighted by atomic mass is 14.5. The van der Waals surface area contributed by atoms with Crippen LogP contribution in [0.15, 0.2) is 0 Å². The lowest BCUT2D eigenvalue weighted by atomic mass is 9.48. The summed E-state index contributed by atoms with van der Waals surface area (Å²) < 4.78 is 0. The van der Waals surface area contributed by atoms with Crippen molar-refractivity contribution in [2.24, 2.45) is 22.7 Å². The van der Waals surface area contributed by atoms with Crippen molar-refractivity contribution in [1.82, 2.24) is 0 Å². The zero-order chi connectivity index (χ0) is 11.0. The molecule has 0 radical (unpaired) electrons. The van der Waals surface area contributed by atoms with Crippen LogP contribution in [-0.2, 0) is 0 Å². The average Bonchev–Trinajstić information content (AvgIpc) is 2.14. The highest BCUT2D eigenvalue weighted by Crippen LogP contribution is 2.59. The average molecular weight is 196 g/mol. The second kappa shape index (κ2) is 3.87. The third kappa shape index (κ3) is 1.85. The minimum absolute atomic E-state index is 0.541. The zero-order valence-corrected chi connectivity index (χ0v) is 11.0. The van der Waals surface area contributed by atoms with Gasteiger partial charge in [-0.15, -0.1) is 0 Å². The maximum Gasteiger partial charge on any atom is -0.0243 e. The van der Waals surface area contributed by atoms with Crippen molar-refractivity contribution in [1.29, 1.82) is 0 Å². The molecule has 0 nitrogen and oxygen atoms in total. The van der Waals surface area contributed by atoms with Crippen molar-refractivity contribution in [2.75, 3.05) is 0 Å². The SMILES string of the molecule is CCC(C)(C)CC1(CC)C(C)CC1C. The molecule has 0 spiro atoms. The molecule has 0 heteroatoms. The van der Waals surface area contributed by atoms with E-state index >= 15 is 0 Å². The summed E-state index contributed by atoms with van der Waals surface area (Å²) >= 11 is 0. The first-order chi connectivity index (χ1) is 6.38. The molecule has 84 valence electrons. The van der Waals surface area contributed by atoms with Gasteiger partial charge < -0.3 is 0 Å². The normalized spacial score (nSPS) is 38.1. The summed E-state index contributed by atoms with van der Waals surface area (Å²) in [5, 5.41) is 0. The Labute approximate surface area is 90.5 Å². The highest BCUT2D eigenvalue weighted by molar-refractivity contribution is 4.99. The molecule has 0 amide bonds. The Morgan fingerprint density at radius 3 is 1.93 bits per heavy atom. The molecule has 1 rings (SSSR count). The van der Waals surface area contributed by atoms with Crippen molar-refractivity contribution in [2.45, 2.75) is 67.2 Å². The van der Waals surface area contributed by atoms with Gasteiger partial charge in [0.05, 0.1) is 0 Å². The third-order valence-electron chi connectivity index (χ3n) is 5.09. The largest absolute Gasteiger partial charge is 0.0649 e. The van der Waals surface area contributed by atoms with Crippen LogP contribution in [0.3, 0.4) is 0 Å². The van der Waals surface area contributed by atoms with Crippen molar-refractivity contribution in [3.05, 3.63) is 0 Å². The lowest BCUT2D eigenvalue weighted by Crippen LogP contribution is -2.48. The van der Waals surface area contributed by atoms with E-state index in [9.17, 15) is 0 Å². The van der Waals surface area contributed by atoms with E-state index in [-0.39, 0.29) is 0 Å². The van der Waals surface area contributed by atoms with Gasteiger partial charge in [0.2, 0.25) is 0 Å². The zero-order valence-electron chi connectivity index (χ0n) is 11.0. The van der Waals surface area contributed by atoms with Crippen molar-refractivity contribution in [3.63, 3.8) is 0 Å². The maximum absolute atomic E-state index is 2.45. The Morgan fingerprint density at radius 2 is 1.64 bits per heavy atom. The first kappa shape index (κ1) is 12.1. The van der Waals surface area contributed by atoms with Gasteiger partial charge in [0.1, 0.15) is 0 Å². The molecule has 2 atom stereocenters. The molecule has 14 heavy (non-hydrogen) atoms. The Bertz CT molecular complexity index is 182. The monoisotopic (exact) mass is 196 g/mol. The molecule has 0 saturated heterocycles. The standard InChI is InChI=1S/C14H28/c1-7-13(5,6)10-14(8-2)11(3)9-12(14)4/h11-12H,7-10H2,1-6H3. The van der Waals surface area contributed by atoms with Crippen LogP contribution in [0.1, 0.15) is 67.2 Å². The van der Waals surface area contributed by atoms with Crippen molar-refractivity contribution >= 4 is 0 Å². The molecule has 0 heterocycles. The van der Waals surface area contributed by atoms with Gasteiger partial charge >= 0.3 is 0 Å². The van der Waals surface area contributed by atoms with E-state index in [1.165, 1.54) is 25.7 Å². The number of hydrogen-bond acceptors (Lipinski definition) is 0. The van der Waals surface area contributed by atoms with E-state index in [0.717, 1.165) is 11.8 Å². The molecule has 0 bridgehead atoms. The summed E-state index contributed by atoms with van der Waals surface area (Å²) in [5.41, 5.74) is 1.21. The summed E-state index contributed by atoms with van der Waals surface area (Å²) in [4.78, 5) is 0. The van der Waals surface area contributed by atoms with Crippen LogP contribution in [0.5, 0.6) is 0 Å². The summed E-state index contributed by atoms with van der Waals surface area (Å²) in [6.07, 6.45) is 5.57. The molecule has 0 N–H and O–H groups in total. The van der Waals surface area contributed by atoms with E-state index in [1.54, 1.807) is 0 Å². The summed E-state index contributed by atoms with van der Waals surface area (Å²) in [7, 11) is 0. The fraction of sp³-hybridized carbons (Fsp3) is 1.00. The minimum Gasteiger partial charge on any atom is -0.0649 e. The molecule has 0 aromatic carbocycles. The second-order valence-corrected chi connectivity index (χ2v) is 6.32. The first-order valence-electron chi connectivity index (χ1n) is 6.38. The summed E-state index contributed by atoms with van der Waals surface area (Å²) in [6.45, 7) is 14.5. The molecular formula is C14H28. The quantitative estimate of drug-likeness (QED) is 0.601. The summed E-state index contributed by atoms with van der Waals surface area (Å²) in [6, 6.07) is 0. The van der Waals surface area contributed by atoms with E-state index < -0.39 is 0 Å². The van der Waals surface area contributed by atoms with Gasteiger partial charge in [-0.05, 0) is 41.9 Å². The van der Waals surface area contributed by atoms with Gasteiger partial charge in [-0.25, -0.2) is 0 Å². The van der Waals surface area contributed by atoms with Gasteiger partial charge in [0, 0.05) is 0 Å². The van der Waals surface area contributed by atoms with Crippen LogP contribution >= 0.6 is 0 Å². The molecule has 1 saturated carbocycles. The summed E-state index contributed by atoms with van der Waals surface area (Å²) in [5.74, 6) is 1.90. The van der Waals surface area contributed by atoms with E-state index in [0.29, 0.717) is 10.8 Å². The number of hydrogen-bond donors (Lipinski definition) is 0. The highest BCUT2D eigenvalue weighted by Gasteiger charge is 2.50. The van der Waals surface area contributed by atoms with E-state index in [1.807, 2.05) is 0 Å². The van der Waals surface area contributed by atoms with Crippen molar-refractivity contribution in [3.8, 4) is 0 Å². The van der Waals surface area contributed by atoms with Gasteiger partial charge in [-0.3, -0.25) is 0 Å². The lowest BCUT2D eigenvalue weighted by molar-refractivity contribution is -0.0717. The van der Waals surface area contributed by atoms with Crippen LogP contribution in [0.4, 0.5) is 0 Å². The Balaban J connectivity index is 2.72. The first-order valence-corrected chi connectivity index (χ1v) is 6.38. The fourth-order valence-corrected chi connectivity index (χ4v) is 3.51. The molecule has 0 aromatic heterocycles. The van der Waals surface area contributed by atoms with Gasteiger partial charge in [0.25, 0.3) is 0 Å². The van der Waals surface area contributed by atoms with Crippen molar-refractivity contribution < 1.29 is 0 Å². The van der Waals surface area contributed by atoms with E-state index in [4.69, 9.17) is 0 Å². The maximum atomic E-state index is 2.45. The third-order valence-corrected chi connectivity index (χ3v) is 5.09. The Morgan fingerprint density at radius 1 is 1.14 bits per heavy atom. The predicted molar refractivity (Wildman–Crippen MR) is 64.4 cm³/mol. The van der Waals surface area contributed by atoms with Gasteiger partial charge in [0.15, 0.2) is 0 Å². The molecule has 1 aliphatic rings. The number of rotatable bonds is 4. The molecular weight excluding hydrogens is 168 g/mol. The second-order valence-electron chi connectivity index (χ2n) is 6.32. The molecule has 0 aliphatic heterocycles. The fourth-order valence-electron chi connectivity index (χ4n) is 3.51. The van der Waals surface area contributed by atoms with Crippen LogP contribution in [0.25, 0.3) is 0 Å². The Hall–Kier alpha value is 0. The van der Waals surface area contributed by atoms with Crippen LogP contribution < -0.4 is 0 Å². The van der Waals surface area contributed by atoms with E-state index in [2.05, 4.69) is 41.5 Å². The molecule has 2 unspecified atom stereocenters. The Kier molecular flexibility index (Phi) is 3.33. The molecule has 1 aliphatic carbocycles. The molecule has 1 fully saturated rings. The van der Waals surface area contributed by atoms with Crippen LogP contribution in [0.2, 0.25) is 0 Å². The smallest absolute Gasteiger partial charge is 0.0243 e. The lowest BCUT2D eigenvalue weighted by Gasteiger charge is -2.57. The molecule has 0 aromatic rings. The van der Waals surface area contributed by atoms with Gasteiger partial charge in [-0.2, -0.15) is 0 Å².